The van der Waals surface area contributed by atoms with Crippen molar-refractivity contribution in [2.45, 2.75) is 52.1 Å². The van der Waals surface area contributed by atoms with Crippen molar-refractivity contribution in [3.05, 3.63) is 0 Å². The Morgan fingerprint density at radius 2 is 2.05 bits per heavy atom. The van der Waals surface area contributed by atoms with Crippen molar-refractivity contribution in [2.75, 3.05) is 6.54 Å². The highest BCUT2D eigenvalue weighted by atomic mass is 16.4. The lowest BCUT2D eigenvalue weighted by Gasteiger charge is -2.40. The number of amides is 3. The van der Waals surface area contributed by atoms with Crippen LogP contribution in [-0.2, 0) is 9.59 Å². The number of hydrogen-bond donors (Lipinski definition) is 4. The van der Waals surface area contributed by atoms with Crippen LogP contribution < -0.4 is 16.0 Å². The van der Waals surface area contributed by atoms with E-state index in [9.17, 15) is 14.4 Å². The van der Waals surface area contributed by atoms with Gasteiger partial charge < -0.3 is 21.1 Å². The van der Waals surface area contributed by atoms with Crippen molar-refractivity contribution >= 4 is 17.9 Å². The zero-order valence-corrected chi connectivity index (χ0v) is 12.2. The molecule has 1 aliphatic heterocycles. The average Bonchev–Trinajstić information content (AvgIpc) is 2.29. The van der Waals surface area contributed by atoms with E-state index in [-0.39, 0.29) is 36.4 Å². The van der Waals surface area contributed by atoms with Crippen LogP contribution in [0, 0.1) is 5.41 Å². The second-order valence-electron chi connectivity index (χ2n) is 6.10. The van der Waals surface area contributed by atoms with Gasteiger partial charge in [0.25, 0.3) is 0 Å². The van der Waals surface area contributed by atoms with Gasteiger partial charge in [-0.05, 0) is 11.8 Å². The van der Waals surface area contributed by atoms with E-state index in [0.717, 1.165) is 0 Å². The third-order valence-corrected chi connectivity index (χ3v) is 3.28. The summed E-state index contributed by atoms with van der Waals surface area (Å²) in [5.74, 6) is -0.961. The Bertz CT molecular complexity index is 390. The number of nitrogens with one attached hydrogen (secondary N) is 3. The van der Waals surface area contributed by atoms with Gasteiger partial charge in [0.1, 0.15) is 0 Å². The monoisotopic (exact) mass is 285 g/mol. The van der Waals surface area contributed by atoms with Gasteiger partial charge in [0.2, 0.25) is 5.91 Å². The van der Waals surface area contributed by atoms with E-state index in [2.05, 4.69) is 16.0 Å². The van der Waals surface area contributed by atoms with Crippen molar-refractivity contribution in [2.24, 2.45) is 5.41 Å². The van der Waals surface area contributed by atoms with E-state index in [1.165, 1.54) is 0 Å². The molecular formula is C13H23N3O4. The first-order chi connectivity index (χ1) is 9.20. The summed E-state index contributed by atoms with van der Waals surface area (Å²) in [4.78, 5) is 33.6. The maximum Gasteiger partial charge on any atom is 0.315 e. The number of aliphatic carboxylic acids is 1. The van der Waals surface area contributed by atoms with E-state index in [1.54, 1.807) is 0 Å². The largest absolute Gasteiger partial charge is 0.481 e. The molecule has 7 heteroatoms. The van der Waals surface area contributed by atoms with Gasteiger partial charge in [0, 0.05) is 13.0 Å². The molecule has 114 valence electrons. The van der Waals surface area contributed by atoms with E-state index >= 15 is 0 Å². The highest BCUT2D eigenvalue weighted by Crippen LogP contribution is 2.26. The summed E-state index contributed by atoms with van der Waals surface area (Å²) in [6.45, 7) is 6.08. The molecule has 1 heterocycles. The molecule has 20 heavy (non-hydrogen) atoms. The van der Waals surface area contributed by atoms with E-state index in [4.69, 9.17) is 5.11 Å². The van der Waals surface area contributed by atoms with Gasteiger partial charge in [-0.3, -0.25) is 9.59 Å². The normalized spacial score (nSPS) is 22.9. The zero-order chi connectivity index (χ0) is 15.3. The minimum Gasteiger partial charge on any atom is -0.481 e. The molecule has 0 aromatic carbocycles. The lowest BCUT2D eigenvalue weighted by atomic mass is 9.79. The highest BCUT2D eigenvalue weighted by molar-refractivity contribution is 5.79. The number of carboxylic acids is 1. The molecule has 2 atom stereocenters. The molecule has 0 spiro atoms. The summed E-state index contributed by atoms with van der Waals surface area (Å²) in [6, 6.07) is -0.701. The van der Waals surface area contributed by atoms with Crippen LogP contribution in [0.1, 0.15) is 40.0 Å². The summed E-state index contributed by atoms with van der Waals surface area (Å²) in [5, 5.41) is 16.7. The van der Waals surface area contributed by atoms with E-state index < -0.39 is 12.0 Å². The van der Waals surface area contributed by atoms with Crippen LogP contribution in [0.2, 0.25) is 0 Å². The number of carbonyl (C=O) groups excluding carboxylic acids is 2. The number of carbonyl (C=O) groups is 3. The molecule has 0 unspecified atom stereocenters. The predicted molar refractivity (Wildman–Crippen MR) is 73.2 cm³/mol. The SMILES string of the molecule is CC(C)(C)[C@@H]1NC(=O)CC[C@H]1NC(=O)NCCC(=O)O. The Morgan fingerprint density at radius 1 is 1.40 bits per heavy atom. The Kier molecular flexibility index (Phi) is 5.35. The molecule has 0 radical (unpaired) electrons. The minimum atomic E-state index is -0.956. The van der Waals surface area contributed by atoms with Crippen LogP contribution in [0.25, 0.3) is 0 Å². The fourth-order valence-corrected chi connectivity index (χ4v) is 2.28. The fourth-order valence-electron chi connectivity index (χ4n) is 2.28. The summed E-state index contributed by atoms with van der Waals surface area (Å²) < 4.78 is 0. The van der Waals surface area contributed by atoms with Crippen molar-refractivity contribution in [3.8, 4) is 0 Å². The van der Waals surface area contributed by atoms with Crippen molar-refractivity contribution in [3.63, 3.8) is 0 Å². The van der Waals surface area contributed by atoms with Crippen LogP contribution in [0.15, 0.2) is 0 Å². The second-order valence-corrected chi connectivity index (χ2v) is 6.10. The molecule has 1 aliphatic rings. The van der Waals surface area contributed by atoms with Crippen LogP contribution in [0.5, 0.6) is 0 Å². The first-order valence-corrected chi connectivity index (χ1v) is 6.75. The number of hydrogen-bond acceptors (Lipinski definition) is 3. The first-order valence-electron chi connectivity index (χ1n) is 6.75. The van der Waals surface area contributed by atoms with Gasteiger partial charge in [-0.1, -0.05) is 20.8 Å². The molecule has 0 saturated carbocycles. The standard InChI is InChI=1S/C13H23N3O4/c1-13(2,3)11-8(4-5-9(17)16-11)15-12(20)14-7-6-10(18)19/h8,11H,4-7H2,1-3H3,(H,16,17)(H,18,19)(H2,14,15,20)/t8-,11-/m1/s1. The Labute approximate surface area is 118 Å². The van der Waals surface area contributed by atoms with Crippen LogP contribution in [-0.4, -0.2) is 41.6 Å². The van der Waals surface area contributed by atoms with Crippen LogP contribution >= 0.6 is 0 Å². The summed E-state index contributed by atoms with van der Waals surface area (Å²) >= 11 is 0. The molecule has 0 bridgehead atoms. The maximum absolute atomic E-state index is 11.7. The van der Waals surface area contributed by atoms with Crippen molar-refractivity contribution < 1.29 is 19.5 Å². The molecule has 1 fully saturated rings. The minimum absolute atomic E-state index is 0.00531. The molecule has 3 amide bonds. The Balaban J connectivity index is 2.53. The molecule has 4 N–H and O–H groups in total. The Morgan fingerprint density at radius 3 is 2.60 bits per heavy atom. The first kappa shape index (κ1) is 16.3. The lowest BCUT2D eigenvalue weighted by Crippen LogP contribution is -2.61. The van der Waals surface area contributed by atoms with Gasteiger partial charge in [0.05, 0.1) is 18.5 Å². The van der Waals surface area contributed by atoms with Gasteiger partial charge in [0.15, 0.2) is 0 Å². The fraction of sp³-hybridized carbons (Fsp3) is 0.769. The average molecular weight is 285 g/mol. The number of rotatable bonds is 4. The molecule has 0 aromatic rings. The zero-order valence-electron chi connectivity index (χ0n) is 12.2. The van der Waals surface area contributed by atoms with Crippen molar-refractivity contribution in [1.29, 1.82) is 0 Å². The van der Waals surface area contributed by atoms with Crippen LogP contribution in [0.4, 0.5) is 4.79 Å². The molecule has 0 aliphatic carbocycles. The summed E-state index contributed by atoms with van der Waals surface area (Å²) in [6.07, 6.45) is 0.851. The van der Waals surface area contributed by atoms with E-state index in [1.807, 2.05) is 20.8 Å². The smallest absolute Gasteiger partial charge is 0.315 e. The second kappa shape index (κ2) is 6.58. The van der Waals surface area contributed by atoms with Gasteiger partial charge in [-0.2, -0.15) is 0 Å². The predicted octanol–water partition coefficient (Wildman–Crippen LogP) is 0.454. The lowest BCUT2D eigenvalue weighted by molar-refractivity contribution is -0.136. The Hall–Kier alpha value is -1.79. The molecule has 7 nitrogen and oxygen atoms in total. The number of piperidine rings is 1. The van der Waals surface area contributed by atoms with Gasteiger partial charge in [-0.25, -0.2) is 4.79 Å². The molecular weight excluding hydrogens is 262 g/mol. The highest BCUT2D eigenvalue weighted by Gasteiger charge is 2.37. The third kappa shape index (κ3) is 5.07. The van der Waals surface area contributed by atoms with Crippen molar-refractivity contribution in [1.82, 2.24) is 16.0 Å². The third-order valence-electron chi connectivity index (χ3n) is 3.28. The summed E-state index contributed by atoms with van der Waals surface area (Å²) in [7, 11) is 0. The number of urea groups is 1. The topological polar surface area (TPSA) is 108 Å². The molecule has 0 aromatic heterocycles. The van der Waals surface area contributed by atoms with Gasteiger partial charge in [-0.15, -0.1) is 0 Å². The quantitative estimate of drug-likeness (QED) is 0.601. The molecule has 1 saturated heterocycles. The van der Waals surface area contributed by atoms with Gasteiger partial charge >= 0.3 is 12.0 Å². The molecule has 1 rings (SSSR count). The van der Waals surface area contributed by atoms with Crippen LogP contribution in [0.3, 0.4) is 0 Å². The number of carboxylic acid groups (broad SMARTS) is 1. The maximum atomic E-state index is 11.7. The summed E-state index contributed by atoms with van der Waals surface area (Å²) in [5.41, 5.74) is -0.172. The van der Waals surface area contributed by atoms with E-state index in [0.29, 0.717) is 12.8 Å².